The molecule has 0 bridgehead atoms. The highest BCUT2D eigenvalue weighted by Gasteiger charge is 2.57. The highest BCUT2D eigenvalue weighted by molar-refractivity contribution is 5.82. The Balaban J connectivity index is 1.30. The van der Waals surface area contributed by atoms with Gasteiger partial charge in [-0.2, -0.15) is 0 Å². The molecule has 5 heteroatoms. The van der Waals surface area contributed by atoms with Crippen LogP contribution in [0.1, 0.15) is 90.5 Å². The van der Waals surface area contributed by atoms with Gasteiger partial charge in [0.25, 0.3) is 0 Å². The summed E-state index contributed by atoms with van der Waals surface area (Å²) in [5, 5.41) is 3.29. The van der Waals surface area contributed by atoms with Crippen molar-refractivity contribution in [3.8, 4) is 0 Å². The number of hydrogen-bond acceptors (Lipinski definition) is 4. The molecule has 0 aromatic carbocycles. The van der Waals surface area contributed by atoms with Gasteiger partial charge in [0.1, 0.15) is 0 Å². The molecule has 3 N–H and O–H groups in total. The van der Waals surface area contributed by atoms with E-state index >= 15 is 0 Å². The molecule has 5 rings (SSSR count). The molecule has 1 heterocycles. The molecule has 0 aliphatic heterocycles. The van der Waals surface area contributed by atoms with Gasteiger partial charge in [-0.3, -0.25) is 4.79 Å². The summed E-state index contributed by atoms with van der Waals surface area (Å²) in [6, 6.07) is 3.40. The number of rotatable bonds is 4. The maximum absolute atomic E-state index is 12.6. The number of carbonyl (C=O) groups excluding carboxylic acids is 1. The van der Waals surface area contributed by atoms with Gasteiger partial charge < -0.3 is 15.5 Å². The third kappa shape index (κ3) is 3.79. The lowest BCUT2D eigenvalue weighted by molar-refractivity contribution is -0.125. The quantitative estimate of drug-likeness (QED) is 0.601. The van der Waals surface area contributed by atoms with Crippen LogP contribution in [0.4, 0.5) is 0 Å². The minimum Gasteiger partial charge on any atom is -0.431 e. The van der Waals surface area contributed by atoms with Gasteiger partial charge in [0.2, 0.25) is 5.91 Å². The third-order valence-corrected chi connectivity index (χ3v) is 10.6. The summed E-state index contributed by atoms with van der Waals surface area (Å²) in [5.41, 5.74) is 9.20. The van der Waals surface area contributed by atoms with E-state index in [9.17, 15) is 9.59 Å². The molecule has 1 amide bonds. The molecule has 1 aromatic heterocycles. The summed E-state index contributed by atoms with van der Waals surface area (Å²) in [6.07, 6.45) is 13.6. The van der Waals surface area contributed by atoms with Crippen LogP contribution in [-0.2, 0) is 4.79 Å². The van der Waals surface area contributed by atoms with E-state index in [4.69, 9.17) is 10.2 Å². The minimum atomic E-state index is -0.417. The zero-order valence-corrected chi connectivity index (χ0v) is 21.3. The van der Waals surface area contributed by atoms with Gasteiger partial charge in [-0.05, 0) is 103 Å². The molecule has 3 saturated carbocycles. The Hall–Kier alpha value is -1.88. The Labute approximate surface area is 203 Å². The van der Waals surface area contributed by atoms with Crippen molar-refractivity contribution in [2.45, 2.75) is 97.1 Å². The van der Waals surface area contributed by atoms with E-state index in [1.807, 2.05) is 19.9 Å². The molecule has 34 heavy (non-hydrogen) atoms. The Morgan fingerprint density at radius 3 is 2.65 bits per heavy atom. The molecular weight excluding hydrogens is 424 g/mol. The summed E-state index contributed by atoms with van der Waals surface area (Å²) in [5.74, 6) is 2.66. The van der Waals surface area contributed by atoms with E-state index in [2.05, 4.69) is 25.2 Å². The van der Waals surface area contributed by atoms with E-state index in [1.165, 1.54) is 37.7 Å². The SMILES string of the molecule is CC(C)C(N)C(=O)N[C@H]1CC[C@@]2(C)[C@H](CC[C@H]3C4=CC[C@H](c5ccc(=O)oc5)[C@@]4(C)CC[C@@H]32)C1. The van der Waals surface area contributed by atoms with Gasteiger partial charge in [-0.15, -0.1) is 0 Å². The van der Waals surface area contributed by atoms with Crippen molar-refractivity contribution in [3.05, 3.63) is 46.0 Å². The standard InChI is InChI=1S/C29H42N2O3/c1-17(2)26(30)27(33)31-20-11-13-28(3)19(15-20)6-7-21-23-9-8-22(18-5-10-25(32)34-16-18)29(23,4)14-12-24(21)28/h5,9-10,16-17,19-22,24,26H,6-8,11-15,30H2,1-4H3,(H,31,33)/t19-,20+,21+,22-,24+,26?,28+,29-/m1/s1. The van der Waals surface area contributed by atoms with Crippen LogP contribution in [0, 0.1) is 34.5 Å². The van der Waals surface area contributed by atoms with Crippen molar-refractivity contribution in [2.75, 3.05) is 0 Å². The maximum Gasteiger partial charge on any atom is 0.335 e. The fraction of sp³-hybridized carbons (Fsp3) is 0.724. The zero-order valence-electron chi connectivity index (χ0n) is 21.3. The van der Waals surface area contributed by atoms with Crippen molar-refractivity contribution >= 4 is 5.91 Å². The van der Waals surface area contributed by atoms with Gasteiger partial charge in [-0.25, -0.2) is 4.79 Å². The van der Waals surface area contributed by atoms with E-state index < -0.39 is 6.04 Å². The first-order valence-electron chi connectivity index (χ1n) is 13.5. The summed E-state index contributed by atoms with van der Waals surface area (Å²) >= 11 is 0. The number of carbonyl (C=O) groups is 1. The lowest BCUT2D eigenvalue weighted by atomic mass is 9.45. The van der Waals surface area contributed by atoms with Crippen molar-refractivity contribution in [1.29, 1.82) is 0 Å². The average Bonchev–Trinajstić information content (AvgIpc) is 3.16. The summed E-state index contributed by atoms with van der Waals surface area (Å²) < 4.78 is 5.24. The second kappa shape index (κ2) is 8.65. The van der Waals surface area contributed by atoms with E-state index in [1.54, 1.807) is 17.9 Å². The van der Waals surface area contributed by atoms with Crippen molar-refractivity contribution in [2.24, 2.45) is 40.2 Å². The molecule has 0 radical (unpaired) electrons. The van der Waals surface area contributed by atoms with Crippen molar-refractivity contribution < 1.29 is 9.21 Å². The first-order valence-corrected chi connectivity index (χ1v) is 13.5. The van der Waals surface area contributed by atoms with Crippen LogP contribution in [0.2, 0.25) is 0 Å². The van der Waals surface area contributed by atoms with E-state index in [-0.39, 0.29) is 28.9 Å². The normalized spacial score (nSPS) is 40.1. The smallest absolute Gasteiger partial charge is 0.335 e. The van der Waals surface area contributed by atoms with Crippen LogP contribution in [0.3, 0.4) is 0 Å². The van der Waals surface area contributed by atoms with E-state index in [0.29, 0.717) is 23.2 Å². The number of amides is 1. The summed E-state index contributed by atoms with van der Waals surface area (Å²) in [6.45, 7) is 9.02. The second-order valence-electron chi connectivity index (χ2n) is 12.5. The first-order chi connectivity index (χ1) is 16.1. The van der Waals surface area contributed by atoms with Crippen LogP contribution in [0.5, 0.6) is 0 Å². The Morgan fingerprint density at radius 2 is 1.94 bits per heavy atom. The topological polar surface area (TPSA) is 85.3 Å². The fourth-order valence-corrected chi connectivity index (χ4v) is 8.39. The monoisotopic (exact) mass is 466 g/mol. The third-order valence-electron chi connectivity index (χ3n) is 10.6. The number of hydrogen-bond donors (Lipinski definition) is 2. The first kappa shape index (κ1) is 23.8. The lowest BCUT2D eigenvalue weighted by Gasteiger charge is -2.60. The Morgan fingerprint density at radius 1 is 1.15 bits per heavy atom. The van der Waals surface area contributed by atoms with Gasteiger partial charge in [0.15, 0.2) is 0 Å². The minimum absolute atomic E-state index is 0.0182. The number of nitrogens with two attached hydrogens (primary N) is 1. The molecule has 3 fully saturated rings. The average molecular weight is 467 g/mol. The van der Waals surface area contributed by atoms with Gasteiger partial charge >= 0.3 is 5.63 Å². The molecule has 4 aliphatic carbocycles. The lowest BCUT2D eigenvalue weighted by Crippen LogP contribution is -2.55. The fourth-order valence-electron chi connectivity index (χ4n) is 8.39. The Bertz CT molecular complexity index is 1010. The van der Waals surface area contributed by atoms with E-state index in [0.717, 1.165) is 25.2 Å². The Kier molecular flexibility index (Phi) is 6.07. The summed E-state index contributed by atoms with van der Waals surface area (Å²) in [7, 11) is 0. The van der Waals surface area contributed by atoms with Crippen LogP contribution in [0.25, 0.3) is 0 Å². The molecule has 0 spiro atoms. The van der Waals surface area contributed by atoms with Crippen molar-refractivity contribution in [3.63, 3.8) is 0 Å². The zero-order chi connectivity index (χ0) is 24.3. The molecule has 0 saturated heterocycles. The molecule has 1 unspecified atom stereocenters. The second-order valence-corrected chi connectivity index (χ2v) is 12.5. The van der Waals surface area contributed by atoms with Crippen LogP contribution in [-0.4, -0.2) is 18.0 Å². The largest absolute Gasteiger partial charge is 0.431 e. The molecular formula is C29H42N2O3. The maximum atomic E-state index is 12.6. The van der Waals surface area contributed by atoms with Crippen LogP contribution < -0.4 is 16.7 Å². The number of nitrogens with one attached hydrogen (secondary N) is 1. The van der Waals surface area contributed by atoms with Crippen molar-refractivity contribution in [1.82, 2.24) is 5.32 Å². The summed E-state index contributed by atoms with van der Waals surface area (Å²) in [4.78, 5) is 24.1. The van der Waals surface area contributed by atoms with Gasteiger partial charge in [0, 0.05) is 12.1 Å². The predicted octanol–water partition coefficient (Wildman–Crippen LogP) is 5.15. The molecule has 1 aromatic rings. The molecule has 186 valence electrons. The van der Waals surface area contributed by atoms with Gasteiger partial charge in [-0.1, -0.05) is 39.3 Å². The number of fused-ring (bicyclic) bond motifs is 5. The van der Waals surface area contributed by atoms with Crippen LogP contribution >= 0.6 is 0 Å². The number of allylic oxidation sites excluding steroid dienone is 2. The van der Waals surface area contributed by atoms with Crippen LogP contribution in [0.15, 0.2) is 39.3 Å². The van der Waals surface area contributed by atoms with Gasteiger partial charge in [0.05, 0.1) is 12.3 Å². The molecule has 8 atom stereocenters. The highest BCUT2D eigenvalue weighted by Crippen LogP contribution is 2.67. The predicted molar refractivity (Wildman–Crippen MR) is 134 cm³/mol. The molecule has 5 nitrogen and oxygen atoms in total. The highest BCUT2D eigenvalue weighted by atomic mass is 16.4. The molecule has 4 aliphatic rings.